The van der Waals surface area contributed by atoms with E-state index in [1.165, 1.54) is 33.0 Å². The van der Waals surface area contributed by atoms with Crippen LogP contribution >= 0.6 is 0 Å². The fourth-order valence-electron chi connectivity index (χ4n) is 10.3. The Morgan fingerprint density at radius 3 is 0.865 bits per heavy atom. The van der Waals surface area contributed by atoms with Gasteiger partial charge in [0.15, 0.2) is 0 Å². The van der Waals surface area contributed by atoms with Crippen LogP contribution < -0.4 is 14.7 Å². The Balaban J connectivity index is 1.00. The SMILES string of the molecule is Cc1ccc(N(c2ccc(C)cc2)c2cccc(-c3ccc4c(c3)c3cc(-c5cccc(N(c6ccc(C)cc6)c6ccc(C)cc6)c5)ccc3n4-c3ccc(N(c4ccccc4)c4ccccc4)cc3)c2)cc1. The van der Waals surface area contributed by atoms with E-state index in [2.05, 4.69) is 314 Å². The second-order valence-electron chi connectivity index (χ2n) is 19.4. The van der Waals surface area contributed by atoms with Crippen LogP contribution in [0.4, 0.5) is 51.2 Å². The van der Waals surface area contributed by atoms with Gasteiger partial charge in [0, 0.05) is 67.6 Å². The maximum atomic E-state index is 2.43. The average molecular weight is 953 g/mol. The molecule has 0 atom stereocenters. The van der Waals surface area contributed by atoms with Crippen molar-refractivity contribution in [1.29, 1.82) is 0 Å². The minimum atomic E-state index is 1.09. The molecule has 0 unspecified atom stereocenters. The number of hydrogen-bond acceptors (Lipinski definition) is 3. The molecule has 0 fully saturated rings. The lowest BCUT2D eigenvalue weighted by molar-refractivity contribution is 1.17. The average Bonchev–Trinajstić information content (AvgIpc) is 3.78. The third-order valence-corrected chi connectivity index (χ3v) is 14.2. The van der Waals surface area contributed by atoms with Crippen molar-refractivity contribution in [3.05, 3.63) is 289 Å². The number of rotatable bonds is 12. The number of aromatic nitrogens is 1. The van der Waals surface area contributed by atoms with Crippen molar-refractivity contribution in [2.45, 2.75) is 27.7 Å². The number of anilines is 9. The lowest BCUT2D eigenvalue weighted by Gasteiger charge is -2.26. The highest BCUT2D eigenvalue weighted by Crippen LogP contribution is 2.43. The van der Waals surface area contributed by atoms with Gasteiger partial charge in [-0.25, -0.2) is 0 Å². The molecule has 0 aliphatic heterocycles. The zero-order valence-electron chi connectivity index (χ0n) is 42.2. The Labute approximate surface area is 434 Å². The van der Waals surface area contributed by atoms with E-state index in [1.54, 1.807) is 0 Å². The first-order valence-corrected chi connectivity index (χ1v) is 25.5. The second kappa shape index (κ2) is 19.7. The molecule has 356 valence electrons. The fraction of sp³-hybridized carbons (Fsp3) is 0.0571. The molecule has 1 heterocycles. The van der Waals surface area contributed by atoms with Crippen LogP contribution in [0.3, 0.4) is 0 Å². The molecule has 0 aliphatic rings. The summed E-state index contributed by atoms with van der Waals surface area (Å²) >= 11 is 0. The summed E-state index contributed by atoms with van der Waals surface area (Å²) in [5.41, 5.74) is 22.9. The van der Waals surface area contributed by atoms with Crippen LogP contribution in [0, 0.1) is 27.7 Å². The van der Waals surface area contributed by atoms with Crippen molar-refractivity contribution in [3.8, 4) is 27.9 Å². The van der Waals surface area contributed by atoms with Crippen molar-refractivity contribution in [2.24, 2.45) is 0 Å². The van der Waals surface area contributed by atoms with E-state index in [9.17, 15) is 0 Å². The lowest BCUT2D eigenvalue weighted by Crippen LogP contribution is -2.10. The summed E-state index contributed by atoms with van der Waals surface area (Å²) in [5.74, 6) is 0. The summed E-state index contributed by atoms with van der Waals surface area (Å²) in [6.45, 7) is 8.56. The zero-order chi connectivity index (χ0) is 50.1. The summed E-state index contributed by atoms with van der Waals surface area (Å²) in [6, 6.07) is 97.4. The number of fused-ring (bicyclic) bond motifs is 3. The van der Waals surface area contributed by atoms with E-state index in [1.807, 2.05) is 0 Å². The third-order valence-electron chi connectivity index (χ3n) is 14.2. The fourth-order valence-corrected chi connectivity index (χ4v) is 10.3. The molecule has 0 N–H and O–H groups in total. The van der Waals surface area contributed by atoms with Crippen molar-refractivity contribution < 1.29 is 0 Å². The summed E-state index contributed by atoms with van der Waals surface area (Å²) in [6.07, 6.45) is 0. The van der Waals surface area contributed by atoms with Crippen LogP contribution in [0.2, 0.25) is 0 Å². The molecule has 12 aromatic rings. The maximum absolute atomic E-state index is 2.43. The molecule has 4 heteroatoms. The van der Waals surface area contributed by atoms with Crippen LogP contribution in [-0.2, 0) is 0 Å². The minimum Gasteiger partial charge on any atom is -0.311 e. The molecular formula is C70H56N4. The summed E-state index contributed by atoms with van der Waals surface area (Å²) < 4.78 is 2.43. The first-order chi connectivity index (χ1) is 36.3. The molecule has 0 bridgehead atoms. The van der Waals surface area contributed by atoms with Gasteiger partial charge in [-0.2, -0.15) is 0 Å². The molecule has 74 heavy (non-hydrogen) atoms. The predicted molar refractivity (Wildman–Crippen MR) is 315 cm³/mol. The van der Waals surface area contributed by atoms with Crippen LogP contribution in [-0.4, -0.2) is 4.57 Å². The maximum Gasteiger partial charge on any atom is 0.0541 e. The third kappa shape index (κ3) is 8.99. The highest BCUT2D eigenvalue weighted by Gasteiger charge is 2.20. The van der Waals surface area contributed by atoms with E-state index in [0.717, 1.165) is 90.2 Å². The number of para-hydroxylation sites is 2. The smallest absolute Gasteiger partial charge is 0.0541 e. The monoisotopic (exact) mass is 952 g/mol. The van der Waals surface area contributed by atoms with E-state index in [-0.39, 0.29) is 0 Å². The zero-order valence-corrected chi connectivity index (χ0v) is 42.2. The number of benzene rings is 11. The van der Waals surface area contributed by atoms with Gasteiger partial charge >= 0.3 is 0 Å². The van der Waals surface area contributed by atoms with Crippen molar-refractivity contribution in [1.82, 2.24) is 4.57 Å². The molecule has 1 aromatic heterocycles. The van der Waals surface area contributed by atoms with Gasteiger partial charge in [-0.05, 0) is 196 Å². The van der Waals surface area contributed by atoms with Gasteiger partial charge < -0.3 is 19.3 Å². The predicted octanol–water partition coefficient (Wildman–Crippen LogP) is 19.8. The Morgan fingerprint density at radius 2 is 0.514 bits per heavy atom. The van der Waals surface area contributed by atoms with Crippen molar-refractivity contribution in [3.63, 3.8) is 0 Å². The first kappa shape index (κ1) is 45.7. The van der Waals surface area contributed by atoms with E-state index < -0.39 is 0 Å². The largest absolute Gasteiger partial charge is 0.311 e. The molecule has 12 rings (SSSR count). The van der Waals surface area contributed by atoms with Crippen molar-refractivity contribution in [2.75, 3.05) is 14.7 Å². The Bertz CT molecular complexity index is 3570. The first-order valence-electron chi connectivity index (χ1n) is 25.5. The Kier molecular flexibility index (Phi) is 12.2. The van der Waals surface area contributed by atoms with Gasteiger partial charge in [0.25, 0.3) is 0 Å². The van der Waals surface area contributed by atoms with E-state index in [4.69, 9.17) is 0 Å². The molecule has 4 nitrogen and oxygen atoms in total. The van der Waals surface area contributed by atoms with E-state index in [0.29, 0.717) is 0 Å². The molecular weight excluding hydrogens is 897 g/mol. The van der Waals surface area contributed by atoms with Gasteiger partial charge in [-0.15, -0.1) is 0 Å². The van der Waals surface area contributed by atoms with Crippen molar-refractivity contribution >= 4 is 73.0 Å². The Morgan fingerprint density at radius 1 is 0.230 bits per heavy atom. The quantitative estimate of drug-likeness (QED) is 0.121. The van der Waals surface area contributed by atoms with Gasteiger partial charge in [0.05, 0.1) is 11.0 Å². The van der Waals surface area contributed by atoms with E-state index >= 15 is 0 Å². The molecule has 0 saturated heterocycles. The lowest BCUT2D eigenvalue weighted by atomic mass is 9.99. The Hall–Kier alpha value is -9.38. The highest BCUT2D eigenvalue weighted by atomic mass is 15.2. The molecule has 0 amide bonds. The molecule has 0 aliphatic carbocycles. The van der Waals surface area contributed by atoms with Gasteiger partial charge in [-0.1, -0.05) is 144 Å². The summed E-state index contributed by atoms with van der Waals surface area (Å²) in [5, 5.41) is 2.38. The molecule has 0 radical (unpaired) electrons. The van der Waals surface area contributed by atoms with Crippen LogP contribution in [0.5, 0.6) is 0 Å². The van der Waals surface area contributed by atoms with Gasteiger partial charge in [-0.3, -0.25) is 0 Å². The molecule has 0 spiro atoms. The van der Waals surface area contributed by atoms with Crippen LogP contribution in [0.15, 0.2) is 267 Å². The standard InChI is InChI=1S/C70H56N4/c1-49-21-31-59(32-22-49)72(60-33-23-50(2)24-34-60)65-19-11-13-53(45-65)55-29-43-69-67(47-55)68-48-56(54-14-12-20-66(46-54)73(61-35-25-51(3)26-36-61)62-37-27-52(4)28-38-62)30-44-70(68)74(69)64-41-39-63(40-42-64)71(57-15-7-5-8-16-57)58-17-9-6-10-18-58/h5-48H,1-4H3. The number of hydrogen-bond donors (Lipinski definition) is 0. The summed E-state index contributed by atoms with van der Waals surface area (Å²) in [7, 11) is 0. The van der Waals surface area contributed by atoms with Crippen LogP contribution in [0.1, 0.15) is 22.3 Å². The number of aryl methyl sites for hydroxylation is 4. The molecule has 0 saturated carbocycles. The molecule has 11 aromatic carbocycles. The topological polar surface area (TPSA) is 14.7 Å². The van der Waals surface area contributed by atoms with Gasteiger partial charge in [0.1, 0.15) is 0 Å². The van der Waals surface area contributed by atoms with Gasteiger partial charge in [0.2, 0.25) is 0 Å². The minimum absolute atomic E-state index is 1.09. The summed E-state index contributed by atoms with van der Waals surface area (Å²) in [4.78, 5) is 7.02. The normalized spacial score (nSPS) is 11.2. The number of nitrogens with zero attached hydrogens (tertiary/aromatic N) is 4. The highest BCUT2D eigenvalue weighted by molar-refractivity contribution is 6.12. The van der Waals surface area contributed by atoms with Crippen LogP contribution in [0.25, 0.3) is 49.7 Å². The second-order valence-corrected chi connectivity index (χ2v) is 19.4.